The summed E-state index contributed by atoms with van der Waals surface area (Å²) >= 11 is 1.37. The SMILES string of the molecule is O=C(CSc1nnnn1C1CCCC1)NCc1ccc(-n2ccnc2)nc1. The summed E-state index contributed by atoms with van der Waals surface area (Å²) < 4.78 is 3.69. The lowest BCUT2D eigenvalue weighted by atomic mass is 10.3. The molecule has 0 unspecified atom stereocenters. The van der Waals surface area contributed by atoms with Crippen molar-refractivity contribution in [3.8, 4) is 5.82 Å². The molecule has 1 aliphatic rings. The van der Waals surface area contributed by atoms with Gasteiger partial charge in [-0.1, -0.05) is 30.7 Å². The van der Waals surface area contributed by atoms with E-state index in [1.807, 2.05) is 27.6 Å². The third-order valence-electron chi connectivity index (χ3n) is 4.53. The second-order valence-electron chi connectivity index (χ2n) is 6.40. The number of hydrogen-bond acceptors (Lipinski definition) is 7. The highest BCUT2D eigenvalue weighted by atomic mass is 32.2. The van der Waals surface area contributed by atoms with Gasteiger partial charge in [0.1, 0.15) is 12.1 Å². The van der Waals surface area contributed by atoms with Gasteiger partial charge >= 0.3 is 0 Å². The van der Waals surface area contributed by atoms with E-state index in [0.29, 0.717) is 17.7 Å². The number of rotatable bonds is 7. The van der Waals surface area contributed by atoms with Crippen LogP contribution < -0.4 is 5.32 Å². The van der Waals surface area contributed by atoms with Gasteiger partial charge in [0.2, 0.25) is 11.1 Å². The van der Waals surface area contributed by atoms with Gasteiger partial charge in [0.15, 0.2) is 0 Å². The van der Waals surface area contributed by atoms with E-state index < -0.39 is 0 Å². The van der Waals surface area contributed by atoms with Crippen LogP contribution in [0.2, 0.25) is 0 Å². The predicted molar refractivity (Wildman–Crippen MR) is 99.3 cm³/mol. The van der Waals surface area contributed by atoms with Crippen LogP contribution in [0.15, 0.2) is 42.2 Å². The summed E-state index contributed by atoms with van der Waals surface area (Å²) in [6.45, 7) is 0.435. The van der Waals surface area contributed by atoms with Gasteiger partial charge in [0.25, 0.3) is 0 Å². The molecule has 4 rings (SSSR count). The maximum atomic E-state index is 12.2. The fourth-order valence-corrected chi connectivity index (χ4v) is 3.88. The van der Waals surface area contributed by atoms with Gasteiger partial charge in [0.05, 0.1) is 11.8 Å². The summed E-state index contributed by atoms with van der Waals surface area (Å²) in [7, 11) is 0. The lowest BCUT2D eigenvalue weighted by Gasteiger charge is -2.10. The van der Waals surface area contributed by atoms with Crippen LogP contribution in [0.3, 0.4) is 0 Å². The fourth-order valence-electron chi connectivity index (χ4n) is 3.11. The van der Waals surface area contributed by atoms with Crippen LogP contribution in [0.5, 0.6) is 0 Å². The van der Waals surface area contributed by atoms with Gasteiger partial charge in [-0.25, -0.2) is 14.6 Å². The molecular weight excluding hydrogens is 364 g/mol. The first-order valence-electron chi connectivity index (χ1n) is 8.90. The zero-order chi connectivity index (χ0) is 18.5. The molecule has 140 valence electrons. The Hall–Kier alpha value is -2.75. The van der Waals surface area contributed by atoms with Crippen LogP contribution in [0, 0.1) is 0 Å². The number of nitrogens with zero attached hydrogens (tertiary/aromatic N) is 7. The van der Waals surface area contributed by atoms with Crippen LogP contribution in [0.25, 0.3) is 5.82 Å². The molecule has 0 radical (unpaired) electrons. The highest BCUT2D eigenvalue weighted by Gasteiger charge is 2.22. The lowest BCUT2D eigenvalue weighted by molar-refractivity contribution is -0.118. The maximum absolute atomic E-state index is 12.2. The maximum Gasteiger partial charge on any atom is 0.230 e. The Morgan fingerprint density at radius 3 is 2.93 bits per heavy atom. The van der Waals surface area contributed by atoms with E-state index >= 15 is 0 Å². The first-order chi connectivity index (χ1) is 13.3. The Labute approximate surface area is 160 Å². The van der Waals surface area contributed by atoms with Crippen molar-refractivity contribution in [3.05, 3.63) is 42.6 Å². The van der Waals surface area contributed by atoms with E-state index in [-0.39, 0.29) is 11.7 Å². The molecule has 3 aromatic rings. The number of tetrazole rings is 1. The number of thioether (sulfide) groups is 1. The minimum atomic E-state index is -0.0559. The fraction of sp³-hybridized carbons (Fsp3) is 0.412. The highest BCUT2D eigenvalue weighted by molar-refractivity contribution is 7.99. The summed E-state index contributed by atoms with van der Waals surface area (Å²) in [6, 6.07) is 4.20. The monoisotopic (exact) mass is 384 g/mol. The summed E-state index contributed by atoms with van der Waals surface area (Å²) in [5, 5.41) is 15.5. The second kappa shape index (κ2) is 8.30. The van der Waals surface area contributed by atoms with Crippen molar-refractivity contribution < 1.29 is 4.79 Å². The molecule has 1 aliphatic carbocycles. The molecule has 0 bridgehead atoms. The average molecular weight is 384 g/mol. The topological polar surface area (TPSA) is 103 Å². The molecule has 0 spiro atoms. The Kier molecular flexibility index (Phi) is 5.42. The quantitative estimate of drug-likeness (QED) is 0.619. The van der Waals surface area contributed by atoms with Gasteiger partial charge in [-0.2, -0.15) is 0 Å². The number of pyridine rings is 1. The summed E-state index contributed by atoms with van der Waals surface area (Å²) in [6.07, 6.45) is 11.6. The molecule has 10 heteroatoms. The molecule has 3 heterocycles. The number of aromatic nitrogens is 7. The molecule has 27 heavy (non-hydrogen) atoms. The Morgan fingerprint density at radius 1 is 1.30 bits per heavy atom. The summed E-state index contributed by atoms with van der Waals surface area (Å²) in [5.74, 6) is 1.02. The first kappa shape index (κ1) is 17.7. The number of imidazole rings is 1. The normalized spacial score (nSPS) is 14.5. The number of carbonyl (C=O) groups excluding carboxylic acids is 1. The third-order valence-corrected chi connectivity index (χ3v) is 5.47. The van der Waals surface area contributed by atoms with E-state index in [1.165, 1.54) is 24.6 Å². The summed E-state index contributed by atoms with van der Waals surface area (Å²) in [5.41, 5.74) is 0.938. The Bertz CT molecular complexity index is 871. The molecule has 0 aliphatic heterocycles. The highest BCUT2D eigenvalue weighted by Crippen LogP contribution is 2.31. The van der Waals surface area contributed by atoms with Gasteiger partial charge in [-0.3, -0.25) is 9.36 Å². The van der Waals surface area contributed by atoms with Crippen molar-refractivity contribution >= 4 is 17.7 Å². The van der Waals surface area contributed by atoms with Crippen LogP contribution in [-0.2, 0) is 11.3 Å². The largest absolute Gasteiger partial charge is 0.351 e. The molecule has 1 amide bonds. The first-order valence-corrected chi connectivity index (χ1v) is 9.89. The van der Waals surface area contributed by atoms with Crippen molar-refractivity contribution in [1.29, 1.82) is 0 Å². The van der Waals surface area contributed by atoms with E-state index in [1.54, 1.807) is 18.7 Å². The van der Waals surface area contributed by atoms with Gasteiger partial charge in [-0.05, 0) is 34.9 Å². The number of carbonyl (C=O) groups is 1. The molecule has 0 saturated heterocycles. The second-order valence-corrected chi connectivity index (χ2v) is 7.35. The van der Waals surface area contributed by atoms with Gasteiger partial charge in [0, 0.05) is 25.1 Å². The predicted octanol–water partition coefficient (Wildman–Crippen LogP) is 1.78. The molecular formula is C17H20N8OS. The molecule has 3 aromatic heterocycles. The number of amides is 1. The van der Waals surface area contributed by atoms with Crippen molar-refractivity contribution in [3.63, 3.8) is 0 Å². The van der Waals surface area contributed by atoms with Crippen LogP contribution in [0.4, 0.5) is 0 Å². The standard InChI is InChI=1S/C17H20N8OS/c26-16(11-27-17-21-22-23-25(17)14-3-1-2-4-14)20-10-13-5-6-15(19-9-13)24-8-7-18-12-24/h5-9,12,14H,1-4,10-11H2,(H,20,26). The minimum Gasteiger partial charge on any atom is -0.351 e. The van der Waals surface area contributed by atoms with Crippen molar-refractivity contribution in [2.75, 3.05) is 5.75 Å². The molecule has 9 nitrogen and oxygen atoms in total. The Balaban J connectivity index is 1.26. The van der Waals surface area contributed by atoms with Gasteiger partial charge < -0.3 is 5.32 Å². The van der Waals surface area contributed by atoms with Crippen molar-refractivity contribution in [1.82, 2.24) is 40.1 Å². The van der Waals surface area contributed by atoms with Crippen LogP contribution >= 0.6 is 11.8 Å². The zero-order valence-corrected chi connectivity index (χ0v) is 15.5. The number of hydrogen-bond donors (Lipinski definition) is 1. The van der Waals surface area contributed by atoms with Crippen molar-refractivity contribution in [2.45, 2.75) is 43.4 Å². The number of nitrogens with one attached hydrogen (secondary N) is 1. The smallest absolute Gasteiger partial charge is 0.230 e. The third kappa shape index (κ3) is 4.33. The summed E-state index contributed by atoms with van der Waals surface area (Å²) in [4.78, 5) is 20.5. The molecule has 1 fully saturated rings. The molecule has 1 saturated carbocycles. The van der Waals surface area contributed by atoms with E-state index in [2.05, 4.69) is 30.8 Å². The molecule has 0 atom stereocenters. The molecule has 0 aromatic carbocycles. The van der Waals surface area contributed by atoms with Crippen LogP contribution in [0.1, 0.15) is 37.3 Å². The van der Waals surface area contributed by atoms with E-state index in [0.717, 1.165) is 24.2 Å². The Morgan fingerprint density at radius 2 is 2.19 bits per heavy atom. The van der Waals surface area contributed by atoms with Gasteiger partial charge in [-0.15, -0.1) is 5.10 Å². The van der Waals surface area contributed by atoms with E-state index in [9.17, 15) is 4.79 Å². The van der Waals surface area contributed by atoms with Crippen LogP contribution in [-0.4, -0.2) is 46.4 Å². The zero-order valence-electron chi connectivity index (χ0n) is 14.7. The van der Waals surface area contributed by atoms with E-state index in [4.69, 9.17) is 0 Å². The molecule has 1 N–H and O–H groups in total. The lowest BCUT2D eigenvalue weighted by Crippen LogP contribution is -2.25. The minimum absolute atomic E-state index is 0.0559. The average Bonchev–Trinajstić information content (AvgIpc) is 3.47. The van der Waals surface area contributed by atoms with Crippen molar-refractivity contribution in [2.24, 2.45) is 0 Å².